The monoisotopic (exact) mass is 156 g/mol. The molecular weight excluding hydrogens is 144 g/mol. The maximum atomic E-state index is 10.8. The molecule has 0 aromatic carbocycles. The third-order valence-corrected chi connectivity index (χ3v) is 0.891. The number of carbonyl (C=O) groups excluding carboxylic acids is 1. The van der Waals surface area contributed by atoms with Crippen LogP contribution in [0.2, 0.25) is 0 Å². The molecule has 0 heterocycles. The van der Waals surface area contributed by atoms with E-state index < -0.39 is 5.97 Å². The summed E-state index contributed by atoms with van der Waals surface area (Å²) in [5.74, 6) is -0.569. The lowest BCUT2D eigenvalue weighted by Crippen LogP contribution is -2.08. The summed E-state index contributed by atoms with van der Waals surface area (Å²) in [5.41, 5.74) is 0. The minimum atomic E-state index is -0.535. The molecule has 0 rings (SSSR count). The molecule has 0 bridgehead atoms. The fourth-order valence-electron chi connectivity index (χ4n) is 0.424. The normalized spacial score (nSPS) is 8.45. The lowest BCUT2D eigenvalue weighted by Gasteiger charge is -2.03. The molecular formula is C8H12O3. The number of ether oxygens (including phenoxy) is 2. The molecule has 0 fully saturated rings. The first-order valence-corrected chi connectivity index (χ1v) is 3.36. The molecule has 0 aliphatic heterocycles. The van der Waals surface area contributed by atoms with Gasteiger partial charge in [0.25, 0.3) is 0 Å². The van der Waals surface area contributed by atoms with Gasteiger partial charge < -0.3 is 9.47 Å². The van der Waals surface area contributed by atoms with Gasteiger partial charge in [0.2, 0.25) is 5.76 Å². The van der Waals surface area contributed by atoms with Gasteiger partial charge in [-0.2, -0.15) is 0 Å². The first kappa shape index (κ1) is 9.75. The Bertz CT molecular complexity index is 161. The Morgan fingerprint density at radius 1 is 1.64 bits per heavy atom. The van der Waals surface area contributed by atoms with Crippen molar-refractivity contribution in [3.8, 4) is 0 Å². The average Bonchev–Trinajstić information content (AvgIpc) is 2.00. The van der Waals surface area contributed by atoms with Crippen molar-refractivity contribution < 1.29 is 14.3 Å². The van der Waals surface area contributed by atoms with E-state index in [-0.39, 0.29) is 5.76 Å². The second-order valence-electron chi connectivity index (χ2n) is 1.84. The van der Waals surface area contributed by atoms with Crippen LogP contribution in [0.1, 0.15) is 13.3 Å². The first-order valence-electron chi connectivity index (χ1n) is 3.36. The molecule has 0 amide bonds. The Morgan fingerprint density at radius 2 is 2.27 bits per heavy atom. The van der Waals surface area contributed by atoms with Crippen LogP contribution < -0.4 is 0 Å². The molecule has 0 aromatic heterocycles. The Hall–Kier alpha value is -1.25. The molecule has 62 valence electrons. The van der Waals surface area contributed by atoms with E-state index in [9.17, 15) is 4.79 Å². The lowest BCUT2D eigenvalue weighted by molar-refractivity contribution is -0.142. The Kier molecular flexibility index (Phi) is 4.90. The zero-order valence-corrected chi connectivity index (χ0v) is 6.63. The molecule has 0 saturated carbocycles. The maximum Gasteiger partial charge on any atom is 0.373 e. The highest BCUT2D eigenvalue weighted by Gasteiger charge is 2.06. The van der Waals surface area contributed by atoms with Crippen molar-refractivity contribution in [2.45, 2.75) is 13.3 Å². The van der Waals surface area contributed by atoms with E-state index in [0.29, 0.717) is 6.61 Å². The highest BCUT2D eigenvalue weighted by molar-refractivity contribution is 5.85. The van der Waals surface area contributed by atoms with Gasteiger partial charge in [0.1, 0.15) is 0 Å². The van der Waals surface area contributed by atoms with Gasteiger partial charge in [-0.3, -0.25) is 0 Å². The smallest absolute Gasteiger partial charge is 0.373 e. The Morgan fingerprint density at radius 3 is 2.73 bits per heavy atom. The third-order valence-electron chi connectivity index (χ3n) is 0.891. The summed E-state index contributed by atoms with van der Waals surface area (Å²) >= 11 is 0. The second-order valence-corrected chi connectivity index (χ2v) is 1.84. The second kappa shape index (κ2) is 5.53. The van der Waals surface area contributed by atoms with Crippen molar-refractivity contribution in [3.05, 3.63) is 25.2 Å². The van der Waals surface area contributed by atoms with Crippen molar-refractivity contribution in [3.63, 3.8) is 0 Å². The van der Waals surface area contributed by atoms with Gasteiger partial charge in [-0.25, -0.2) is 4.79 Å². The molecule has 0 atom stereocenters. The van der Waals surface area contributed by atoms with Crippen molar-refractivity contribution >= 4 is 5.97 Å². The van der Waals surface area contributed by atoms with Gasteiger partial charge >= 0.3 is 5.97 Å². The lowest BCUT2D eigenvalue weighted by atomic mass is 10.5. The van der Waals surface area contributed by atoms with E-state index in [1.54, 1.807) is 0 Å². The van der Waals surface area contributed by atoms with Crippen LogP contribution in [0.25, 0.3) is 0 Å². The quantitative estimate of drug-likeness (QED) is 0.344. The average molecular weight is 156 g/mol. The number of esters is 1. The van der Waals surface area contributed by atoms with Crippen molar-refractivity contribution in [2.75, 3.05) is 6.61 Å². The van der Waals surface area contributed by atoms with Crippen LogP contribution in [0, 0.1) is 0 Å². The van der Waals surface area contributed by atoms with E-state index in [4.69, 9.17) is 4.74 Å². The Labute approximate surface area is 66.3 Å². The molecule has 0 radical (unpaired) electrons. The van der Waals surface area contributed by atoms with Crippen LogP contribution in [0.4, 0.5) is 0 Å². The molecule has 3 heteroatoms. The van der Waals surface area contributed by atoms with Gasteiger partial charge in [-0.05, 0) is 13.0 Å². The summed E-state index contributed by atoms with van der Waals surface area (Å²) in [7, 11) is 0. The van der Waals surface area contributed by atoms with Crippen LogP contribution in [-0.4, -0.2) is 12.6 Å². The zero-order chi connectivity index (χ0) is 8.69. The number of rotatable bonds is 5. The van der Waals surface area contributed by atoms with Gasteiger partial charge in [0.15, 0.2) is 0 Å². The van der Waals surface area contributed by atoms with E-state index in [1.165, 1.54) is 0 Å². The Balaban J connectivity index is 3.64. The topological polar surface area (TPSA) is 35.5 Å². The van der Waals surface area contributed by atoms with Crippen LogP contribution in [0.5, 0.6) is 0 Å². The minimum Gasteiger partial charge on any atom is -0.460 e. The fourth-order valence-corrected chi connectivity index (χ4v) is 0.424. The number of carbonyl (C=O) groups is 1. The predicted molar refractivity (Wildman–Crippen MR) is 41.7 cm³/mol. The SMILES string of the molecule is C=COC(=C)C(=O)OCCC. The van der Waals surface area contributed by atoms with E-state index in [2.05, 4.69) is 17.9 Å². The standard InChI is InChI=1S/C8H12O3/c1-4-6-11-8(9)7(3)10-5-2/h5H,2-4,6H2,1H3. The largest absolute Gasteiger partial charge is 0.460 e. The number of hydrogen-bond donors (Lipinski definition) is 0. The zero-order valence-electron chi connectivity index (χ0n) is 6.63. The summed E-state index contributed by atoms with van der Waals surface area (Å²) in [5, 5.41) is 0. The molecule has 0 aliphatic carbocycles. The van der Waals surface area contributed by atoms with Crippen LogP contribution in [0.3, 0.4) is 0 Å². The minimum absolute atomic E-state index is 0.0338. The van der Waals surface area contributed by atoms with Crippen molar-refractivity contribution in [2.24, 2.45) is 0 Å². The molecule has 0 unspecified atom stereocenters. The highest BCUT2D eigenvalue weighted by atomic mass is 16.6. The highest BCUT2D eigenvalue weighted by Crippen LogP contribution is 1.97. The fraction of sp³-hybridized carbons (Fsp3) is 0.375. The van der Waals surface area contributed by atoms with E-state index >= 15 is 0 Å². The van der Waals surface area contributed by atoms with Crippen LogP contribution in [-0.2, 0) is 14.3 Å². The van der Waals surface area contributed by atoms with Gasteiger partial charge in [0, 0.05) is 0 Å². The summed E-state index contributed by atoms with van der Waals surface area (Å²) in [4.78, 5) is 10.8. The van der Waals surface area contributed by atoms with Gasteiger partial charge in [0.05, 0.1) is 12.9 Å². The van der Waals surface area contributed by atoms with Crippen LogP contribution in [0.15, 0.2) is 25.2 Å². The molecule has 3 nitrogen and oxygen atoms in total. The van der Waals surface area contributed by atoms with E-state index in [0.717, 1.165) is 12.7 Å². The summed E-state index contributed by atoms with van der Waals surface area (Å²) in [6, 6.07) is 0. The molecule has 0 aromatic rings. The van der Waals surface area contributed by atoms with Crippen LogP contribution >= 0.6 is 0 Å². The molecule has 0 spiro atoms. The van der Waals surface area contributed by atoms with E-state index in [1.807, 2.05) is 6.92 Å². The third kappa shape index (κ3) is 4.19. The molecule has 11 heavy (non-hydrogen) atoms. The summed E-state index contributed by atoms with van der Waals surface area (Å²) in [6.07, 6.45) is 1.92. The van der Waals surface area contributed by atoms with Crippen molar-refractivity contribution in [1.29, 1.82) is 0 Å². The van der Waals surface area contributed by atoms with Gasteiger partial charge in [-0.15, -0.1) is 0 Å². The van der Waals surface area contributed by atoms with Crippen molar-refractivity contribution in [1.82, 2.24) is 0 Å². The van der Waals surface area contributed by atoms with Gasteiger partial charge in [-0.1, -0.05) is 13.5 Å². The predicted octanol–water partition coefficient (Wildman–Crippen LogP) is 1.61. The summed E-state index contributed by atoms with van der Waals surface area (Å²) < 4.78 is 9.29. The number of hydrogen-bond acceptors (Lipinski definition) is 3. The molecule has 0 aliphatic rings. The molecule has 0 saturated heterocycles. The summed E-state index contributed by atoms with van der Waals surface area (Å²) in [6.45, 7) is 8.90. The first-order chi connectivity index (χ1) is 5.22. The maximum absolute atomic E-state index is 10.8. The molecule has 0 N–H and O–H groups in total.